The van der Waals surface area contributed by atoms with Gasteiger partial charge >= 0.3 is 6.09 Å². The van der Waals surface area contributed by atoms with Crippen LogP contribution in [-0.4, -0.2) is 66.5 Å². The van der Waals surface area contributed by atoms with Crippen molar-refractivity contribution in [1.82, 2.24) is 19.2 Å². The molecular formula is C11H15FN4O4S. The Balaban J connectivity index is 2.04. The minimum absolute atomic E-state index is 0.113. The molecule has 1 saturated heterocycles. The zero-order valence-corrected chi connectivity index (χ0v) is 12.2. The number of aromatic nitrogens is 2. The molecule has 8 nitrogen and oxygen atoms in total. The number of piperazine rings is 1. The lowest BCUT2D eigenvalue weighted by atomic mass is 10.4. The Kier molecular flexibility index (Phi) is 4.68. The molecule has 1 aliphatic rings. The Morgan fingerprint density at radius 3 is 2.38 bits per heavy atom. The Bertz CT molecular complexity index is 599. The van der Waals surface area contributed by atoms with Crippen molar-refractivity contribution in [2.24, 2.45) is 0 Å². The van der Waals surface area contributed by atoms with Crippen molar-refractivity contribution >= 4 is 16.1 Å². The molecule has 1 aliphatic heterocycles. The molecule has 21 heavy (non-hydrogen) atoms. The average Bonchev–Trinajstić information content (AvgIpc) is 2.48. The lowest BCUT2D eigenvalue weighted by Gasteiger charge is -2.32. The van der Waals surface area contributed by atoms with Crippen LogP contribution >= 0.6 is 0 Å². The molecule has 2 rings (SSSR count). The van der Waals surface area contributed by atoms with Gasteiger partial charge in [-0.3, -0.25) is 0 Å². The fourth-order valence-corrected chi connectivity index (χ4v) is 3.12. The average molecular weight is 318 g/mol. The van der Waals surface area contributed by atoms with Crippen molar-refractivity contribution in [3.63, 3.8) is 0 Å². The third-order valence-electron chi connectivity index (χ3n) is 2.93. The van der Waals surface area contributed by atoms with Crippen molar-refractivity contribution in [3.05, 3.63) is 18.2 Å². The summed E-state index contributed by atoms with van der Waals surface area (Å²) in [6, 6.07) is 0. The fraction of sp³-hybridized carbons (Fsp3) is 0.545. The van der Waals surface area contributed by atoms with Crippen LogP contribution in [0.25, 0.3) is 0 Å². The van der Waals surface area contributed by atoms with E-state index in [-0.39, 0.29) is 32.8 Å². The summed E-state index contributed by atoms with van der Waals surface area (Å²) in [5.41, 5.74) is 0. The fourth-order valence-electron chi connectivity index (χ4n) is 1.87. The van der Waals surface area contributed by atoms with Crippen LogP contribution in [0.15, 0.2) is 17.6 Å². The van der Waals surface area contributed by atoms with Gasteiger partial charge in [-0.25, -0.2) is 27.6 Å². The predicted molar refractivity (Wildman–Crippen MR) is 69.3 cm³/mol. The van der Waals surface area contributed by atoms with Gasteiger partial charge in [0.1, 0.15) is 0 Å². The topological polar surface area (TPSA) is 92.7 Å². The molecule has 1 aromatic heterocycles. The Labute approximate surface area is 121 Å². The van der Waals surface area contributed by atoms with E-state index in [1.54, 1.807) is 6.92 Å². The second-order valence-corrected chi connectivity index (χ2v) is 6.11. The molecule has 0 aliphatic carbocycles. The van der Waals surface area contributed by atoms with Gasteiger partial charge in [-0.15, -0.1) is 0 Å². The summed E-state index contributed by atoms with van der Waals surface area (Å²) in [7, 11) is -3.87. The zero-order chi connectivity index (χ0) is 15.5. The van der Waals surface area contributed by atoms with Crippen molar-refractivity contribution in [2.45, 2.75) is 12.1 Å². The molecule has 0 N–H and O–H groups in total. The summed E-state index contributed by atoms with van der Waals surface area (Å²) in [5.74, 6) is -0.707. The number of sulfonamides is 1. The highest BCUT2D eigenvalue weighted by Crippen LogP contribution is 2.14. The first-order valence-corrected chi connectivity index (χ1v) is 7.78. The van der Waals surface area contributed by atoms with Crippen LogP contribution in [0.2, 0.25) is 0 Å². The summed E-state index contributed by atoms with van der Waals surface area (Å²) >= 11 is 0. The summed E-state index contributed by atoms with van der Waals surface area (Å²) in [6.45, 7) is 2.63. The smallest absolute Gasteiger partial charge is 0.409 e. The third-order valence-corrected chi connectivity index (χ3v) is 4.65. The Morgan fingerprint density at radius 2 is 1.86 bits per heavy atom. The highest BCUT2D eigenvalue weighted by Gasteiger charge is 2.32. The van der Waals surface area contributed by atoms with Crippen molar-refractivity contribution < 1.29 is 22.3 Å². The van der Waals surface area contributed by atoms with Crippen molar-refractivity contribution in [2.75, 3.05) is 32.8 Å². The van der Waals surface area contributed by atoms with Crippen LogP contribution in [0.4, 0.5) is 9.18 Å². The molecule has 0 bridgehead atoms. The Morgan fingerprint density at radius 1 is 1.29 bits per heavy atom. The van der Waals surface area contributed by atoms with Gasteiger partial charge in [-0.05, 0) is 6.92 Å². The highest BCUT2D eigenvalue weighted by atomic mass is 32.2. The van der Waals surface area contributed by atoms with Gasteiger partial charge in [0.2, 0.25) is 0 Å². The molecular weight excluding hydrogens is 303 g/mol. The number of hydrogen-bond donors (Lipinski definition) is 0. The molecule has 0 spiro atoms. The number of carbonyl (C=O) groups is 1. The maximum atomic E-state index is 12.7. The first-order valence-electron chi connectivity index (χ1n) is 6.34. The van der Waals surface area contributed by atoms with E-state index >= 15 is 0 Å². The van der Waals surface area contributed by atoms with E-state index in [0.717, 1.165) is 16.7 Å². The van der Waals surface area contributed by atoms with Crippen LogP contribution < -0.4 is 0 Å². The second-order valence-electron chi connectivity index (χ2n) is 4.27. The molecule has 0 unspecified atom stereocenters. The van der Waals surface area contributed by atoms with Crippen molar-refractivity contribution in [3.8, 4) is 0 Å². The quantitative estimate of drug-likeness (QED) is 0.733. The number of nitrogens with zero attached hydrogens (tertiary/aromatic N) is 4. The van der Waals surface area contributed by atoms with Crippen LogP contribution in [-0.2, 0) is 14.8 Å². The summed E-state index contributed by atoms with van der Waals surface area (Å²) in [5, 5.41) is -0.450. The minimum atomic E-state index is -3.87. The molecule has 0 aromatic carbocycles. The number of rotatable bonds is 3. The number of hydrogen-bond acceptors (Lipinski definition) is 6. The van der Waals surface area contributed by atoms with Crippen molar-refractivity contribution in [1.29, 1.82) is 0 Å². The number of amides is 1. The van der Waals surface area contributed by atoms with E-state index < -0.39 is 27.1 Å². The third kappa shape index (κ3) is 3.45. The first kappa shape index (κ1) is 15.6. The number of ether oxygens (including phenoxy) is 1. The van der Waals surface area contributed by atoms with Crippen LogP contribution in [0, 0.1) is 5.82 Å². The van der Waals surface area contributed by atoms with E-state index in [0.29, 0.717) is 0 Å². The lowest BCUT2D eigenvalue weighted by Crippen LogP contribution is -2.50. The van der Waals surface area contributed by atoms with Gasteiger partial charge in [0.25, 0.3) is 15.2 Å². The van der Waals surface area contributed by atoms with E-state index in [1.807, 2.05) is 0 Å². The van der Waals surface area contributed by atoms with Gasteiger partial charge in [0, 0.05) is 26.2 Å². The van der Waals surface area contributed by atoms with Crippen LogP contribution in [0.3, 0.4) is 0 Å². The second kappa shape index (κ2) is 6.31. The highest BCUT2D eigenvalue weighted by molar-refractivity contribution is 7.88. The van der Waals surface area contributed by atoms with Gasteiger partial charge in [-0.1, -0.05) is 0 Å². The Hall–Kier alpha value is -1.81. The summed E-state index contributed by atoms with van der Waals surface area (Å²) < 4.78 is 43.2. The van der Waals surface area contributed by atoms with Gasteiger partial charge in [-0.2, -0.15) is 4.31 Å². The molecule has 1 fully saturated rings. The van der Waals surface area contributed by atoms with E-state index in [4.69, 9.17) is 4.74 Å². The molecule has 10 heteroatoms. The van der Waals surface area contributed by atoms with Gasteiger partial charge in [0.05, 0.1) is 19.0 Å². The molecule has 0 atom stereocenters. The van der Waals surface area contributed by atoms with E-state index in [1.165, 1.54) is 4.90 Å². The monoisotopic (exact) mass is 318 g/mol. The summed E-state index contributed by atoms with van der Waals surface area (Å²) in [6.07, 6.45) is 1.14. The molecule has 2 heterocycles. The number of carbonyl (C=O) groups excluding carboxylic acids is 1. The molecule has 0 radical (unpaired) electrons. The lowest BCUT2D eigenvalue weighted by molar-refractivity contribution is 0.0933. The van der Waals surface area contributed by atoms with E-state index in [2.05, 4.69) is 9.97 Å². The summed E-state index contributed by atoms with van der Waals surface area (Å²) in [4.78, 5) is 19.9. The van der Waals surface area contributed by atoms with Gasteiger partial charge in [0.15, 0.2) is 5.82 Å². The number of halogens is 1. The maximum absolute atomic E-state index is 12.7. The molecule has 116 valence electrons. The standard InChI is InChI=1S/C11H15FN4O4S/c1-2-20-11(17)15-3-5-16(6-4-15)21(18,19)10-13-7-9(12)8-14-10/h7-8H,2-6H2,1H3. The largest absolute Gasteiger partial charge is 0.450 e. The van der Waals surface area contributed by atoms with Gasteiger partial charge < -0.3 is 9.64 Å². The molecule has 1 aromatic rings. The zero-order valence-electron chi connectivity index (χ0n) is 11.4. The molecule has 0 saturated carbocycles. The normalized spacial score (nSPS) is 16.8. The first-order chi connectivity index (χ1) is 9.95. The minimum Gasteiger partial charge on any atom is -0.450 e. The predicted octanol–water partition coefficient (Wildman–Crippen LogP) is 0.0785. The maximum Gasteiger partial charge on any atom is 0.409 e. The van der Waals surface area contributed by atoms with E-state index in [9.17, 15) is 17.6 Å². The van der Waals surface area contributed by atoms with Crippen LogP contribution in [0.1, 0.15) is 6.92 Å². The SMILES string of the molecule is CCOC(=O)N1CCN(S(=O)(=O)c2ncc(F)cn2)CC1. The van der Waals surface area contributed by atoms with Crippen LogP contribution in [0.5, 0.6) is 0 Å². The molecule has 1 amide bonds.